The highest BCUT2D eigenvalue weighted by atomic mass is 16.8. The van der Waals surface area contributed by atoms with Crippen molar-refractivity contribution >= 4 is 0 Å². The summed E-state index contributed by atoms with van der Waals surface area (Å²) in [6.45, 7) is -1.77. The van der Waals surface area contributed by atoms with Gasteiger partial charge in [-0.15, -0.1) is 10.2 Å². The maximum absolute atomic E-state index is 12.0. The van der Waals surface area contributed by atoms with E-state index in [1.165, 1.54) is 21.8 Å². The Kier molecular flexibility index (Phi) is 24.9. The van der Waals surface area contributed by atoms with Crippen molar-refractivity contribution < 1.29 is 123 Å². The summed E-state index contributed by atoms with van der Waals surface area (Å²) in [6, 6.07) is -9.30. The number of rotatable bonds is 24. The van der Waals surface area contributed by atoms with Gasteiger partial charge in [-0.2, -0.15) is 0 Å². The second-order valence-corrected chi connectivity index (χ2v) is 25.5. The minimum atomic E-state index is -1.74. The molecule has 0 amide bonds. The number of hydrogen-bond acceptors (Lipinski definition) is 41. The van der Waals surface area contributed by atoms with Crippen LogP contribution in [0.1, 0.15) is 24.2 Å². The van der Waals surface area contributed by atoms with Gasteiger partial charge in [0.2, 0.25) is 0 Å². The zero-order valence-electron chi connectivity index (χ0n) is 51.5. The molecule has 43 heteroatoms. The SMILES string of the molecule is NC[C@@H]1O[C@@H](O[C@H]2[C@@H](O)[C@H](O[C@H]3[C@H](O)[C@@H](N)C[C@@H](N)[C@@H]3O[C@H]3O[C@H](CN)[C@@H](O)[C@H](O)[C@H]3N)O[C@@H]2Cn2cc(COCc3cn(C[C@H]4O[C@@H](O[C@@H]5[C@@H](O)[C@H](N)C[C@H](N)[C@H]5O[C@H]5O[C@H](CN)[C@@H](O)[C@H](O)[C@H]5N)[C@H](O)[C@@H]4O[C@@H]4O[C@H](CN)[C@H](O)[C@@H](O)[C@@H]4N)nn3)nn2)[C@@H](N)[C@H](O)[C@H]1O. The van der Waals surface area contributed by atoms with E-state index in [2.05, 4.69) is 20.6 Å². The lowest BCUT2D eigenvalue weighted by atomic mass is 9.84. The Balaban J connectivity index is 0.812. The van der Waals surface area contributed by atoms with Crippen molar-refractivity contribution in [2.24, 2.45) is 68.8 Å². The maximum atomic E-state index is 12.0. The highest BCUT2D eigenvalue weighted by Crippen LogP contribution is 2.38. The summed E-state index contributed by atoms with van der Waals surface area (Å²) in [4.78, 5) is 0. The first-order valence-electron chi connectivity index (χ1n) is 31.4. The molecule has 8 aliphatic rings. The van der Waals surface area contributed by atoms with Gasteiger partial charge in [0, 0.05) is 50.3 Å². The lowest BCUT2D eigenvalue weighted by molar-refractivity contribution is -0.306. The standard InChI is InChI=1S/C52H96N18O25/c53-3-19-31(73)35(77)25(61)47(84-19)90-41-17(59)1-15(57)29(71)45(41)94-51-39(81)43(92-49-27(63)37(79)33(75)21(5-55)86-49)23(88-51)9-69-7-13(65-67-69)11-83-12-14-8-70(68-66-14)10-24-44(93-50-28(64)38(80)34(76)22(6-56)87-50)40(82)52(89-24)95-46-30(72)16(58)2-18(60)42(46)91-48-26(62)36(78)32(74)20(4-54)85-48/h7-8,15-52,71-82H,1-6,9-12,53-64H2/t15-,16+,17+,18-,19-,20-,21-,22+,23-,24-,25-,26-,27+,28+,29+,30-,31-,32-,33+,34+,35-,36-,37+,38+,39-,40-,41-,42+,43-,44-,45-,46+,47-,48-,49+,50+,51+,52+/m1/s1. The van der Waals surface area contributed by atoms with E-state index in [1.807, 2.05) is 0 Å². The lowest BCUT2D eigenvalue weighted by Gasteiger charge is -2.47. The molecule has 0 aromatic carbocycles. The topological polar surface area (TPSA) is 736 Å². The molecule has 8 heterocycles. The molecule has 0 unspecified atom stereocenters. The van der Waals surface area contributed by atoms with Gasteiger partial charge in [-0.25, -0.2) is 9.36 Å². The van der Waals surface area contributed by atoms with Gasteiger partial charge in [-0.05, 0) is 12.8 Å². The molecule has 2 aromatic heterocycles. The molecule has 2 aliphatic carbocycles. The molecule has 36 N–H and O–H groups in total. The Morgan fingerprint density at radius 3 is 0.905 bits per heavy atom. The predicted molar refractivity (Wildman–Crippen MR) is 311 cm³/mol. The summed E-state index contributed by atoms with van der Waals surface area (Å²) in [7, 11) is 0. The third-order valence-corrected chi connectivity index (χ3v) is 18.8. The zero-order valence-corrected chi connectivity index (χ0v) is 51.5. The summed E-state index contributed by atoms with van der Waals surface area (Å²) < 4.78 is 82.0. The maximum Gasteiger partial charge on any atom is 0.187 e. The van der Waals surface area contributed by atoms with E-state index >= 15 is 0 Å². The lowest BCUT2D eigenvalue weighted by Crippen LogP contribution is -2.68. The third kappa shape index (κ3) is 15.8. The van der Waals surface area contributed by atoms with Crippen molar-refractivity contribution in [3.63, 3.8) is 0 Å². The van der Waals surface area contributed by atoms with Crippen LogP contribution in [0.2, 0.25) is 0 Å². The van der Waals surface area contributed by atoms with E-state index in [0.29, 0.717) is 0 Å². The predicted octanol–water partition coefficient (Wildman–Crippen LogP) is -17.2. The van der Waals surface area contributed by atoms with Crippen molar-refractivity contribution in [3.8, 4) is 0 Å². The van der Waals surface area contributed by atoms with Crippen molar-refractivity contribution in [2.75, 3.05) is 26.2 Å². The average Bonchev–Trinajstić information content (AvgIpc) is 1.76. The second kappa shape index (κ2) is 31.8. The Labute approximate surface area is 542 Å². The molecule has 0 bridgehead atoms. The molecule has 6 saturated heterocycles. The highest BCUT2D eigenvalue weighted by Gasteiger charge is 2.58. The van der Waals surface area contributed by atoms with Gasteiger partial charge >= 0.3 is 0 Å². The van der Waals surface area contributed by atoms with Crippen molar-refractivity contribution in [1.82, 2.24) is 30.0 Å². The van der Waals surface area contributed by atoms with Crippen molar-refractivity contribution in [3.05, 3.63) is 23.8 Å². The summed E-state index contributed by atoms with van der Waals surface area (Å²) in [6.07, 6.45) is -40.2. The van der Waals surface area contributed by atoms with Crippen LogP contribution >= 0.6 is 0 Å². The van der Waals surface area contributed by atoms with Gasteiger partial charge in [0.05, 0.1) is 75.1 Å². The molecule has 0 radical (unpaired) electrons. The van der Waals surface area contributed by atoms with Crippen molar-refractivity contribution in [2.45, 2.75) is 272 Å². The fraction of sp³-hybridized carbons (Fsp3) is 0.923. The summed E-state index contributed by atoms with van der Waals surface area (Å²) in [5, 5.41) is 149. The molecule has 6 aliphatic heterocycles. The van der Waals surface area contributed by atoms with Crippen LogP contribution in [0.15, 0.2) is 12.4 Å². The Hall–Kier alpha value is -3.20. The van der Waals surface area contributed by atoms with Crippen LogP contribution in [0.4, 0.5) is 0 Å². The van der Waals surface area contributed by atoms with Crippen LogP contribution in [0.5, 0.6) is 0 Å². The molecule has 2 aromatic rings. The van der Waals surface area contributed by atoms with E-state index in [4.69, 9.17) is 130 Å². The molecule has 2 saturated carbocycles. The molecule has 544 valence electrons. The second-order valence-electron chi connectivity index (χ2n) is 25.5. The van der Waals surface area contributed by atoms with E-state index in [9.17, 15) is 61.3 Å². The van der Waals surface area contributed by atoms with E-state index < -0.39 is 233 Å². The Bertz CT molecular complexity index is 2540. The van der Waals surface area contributed by atoms with Crippen LogP contribution in [-0.2, 0) is 87.9 Å². The highest BCUT2D eigenvalue weighted by molar-refractivity contribution is 5.06. The fourth-order valence-electron chi connectivity index (χ4n) is 13.1. The van der Waals surface area contributed by atoms with E-state index in [-0.39, 0.29) is 76.7 Å². The normalized spacial score (nSPS) is 49.1. The van der Waals surface area contributed by atoms with Crippen LogP contribution in [0, 0.1) is 0 Å². The average molecular weight is 1370 g/mol. The Morgan fingerprint density at radius 2 is 0.611 bits per heavy atom. The third-order valence-electron chi connectivity index (χ3n) is 18.8. The smallest absolute Gasteiger partial charge is 0.187 e. The van der Waals surface area contributed by atoms with Gasteiger partial charge in [-0.3, -0.25) is 0 Å². The zero-order chi connectivity index (χ0) is 68.8. The van der Waals surface area contributed by atoms with Crippen molar-refractivity contribution in [1.29, 1.82) is 0 Å². The fourth-order valence-corrected chi connectivity index (χ4v) is 13.1. The molecule has 8 fully saturated rings. The minimum Gasteiger partial charge on any atom is -0.389 e. The number of aliphatic hydroxyl groups excluding tert-OH is 12. The first kappa shape index (κ1) is 74.5. The summed E-state index contributed by atoms with van der Waals surface area (Å²) in [5.41, 5.74) is 74.5. The molecule has 95 heavy (non-hydrogen) atoms. The monoisotopic (exact) mass is 1370 g/mol. The number of aromatic nitrogens is 6. The molecule has 0 spiro atoms. The quantitative estimate of drug-likeness (QED) is 0.0464. The molecular weight excluding hydrogens is 1280 g/mol. The number of hydrogen-bond donors (Lipinski definition) is 24. The minimum absolute atomic E-state index is 0.00310. The van der Waals surface area contributed by atoms with Gasteiger partial charge < -0.3 is 192 Å². The largest absolute Gasteiger partial charge is 0.389 e. The number of nitrogens with zero attached hydrogens (tertiary/aromatic N) is 6. The number of aliphatic hydroxyl groups is 12. The molecular formula is C52H96N18O25. The first-order valence-corrected chi connectivity index (χ1v) is 31.4. The molecule has 43 nitrogen and oxygen atoms in total. The molecule has 10 rings (SSSR count). The molecule has 38 atom stereocenters. The van der Waals surface area contributed by atoms with Crippen LogP contribution < -0.4 is 68.8 Å². The number of ether oxygens (including phenoxy) is 13. The Morgan fingerprint density at radius 1 is 0.337 bits per heavy atom. The van der Waals surface area contributed by atoms with Crippen LogP contribution in [0.25, 0.3) is 0 Å². The number of nitrogens with two attached hydrogens (primary N) is 12. The first-order chi connectivity index (χ1) is 45.2. The van der Waals surface area contributed by atoms with E-state index in [0.717, 1.165) is 0 Å². The van der Waals surface area contributed by atoms with Gasteiger partial charge in [0.15, 0.2) is 37.7 Å². The van der Waals surface area contributed by atoms with Gasteiger partial charge in [-0.1, -0.05) is 10.4 Å². The van der Waals surface area contributed by atoms with Crippen LogP contribution in [-0.4, -0.2) is 350 Å². The van der Waals surface area contributed by atoms with E-state index in [1.54, 1.807) is 0 Å². The van der Waals surface area contributed by atoms with Crippen LogP contribution in [0.3, 0.4) is 0 Å². The summed E-state index contributed by atoms with van der Waals surface area (Å²) in [5.74, 6) is 0. The van der Waals surface area contributed by atoms with Gasteiger partial charge in [0.25, 0.3) is 0 Å². The summed E-state index contributed by atoms with van der Waals surface area (Å²) >= 11 is 0. The van der Waals surface area contributed by atoms with Gasteiger partial charge in [0.1, 0.15) is 146 Å².